The second kappa shape index (κ2) is 16.1. The highest BCUT2D eigenvalue weighted by Gasteiger charge is 2.17. The topological polar surface area (TPSA) is 105 Å². The maximum absolute atomic E-state index is 10.4. The third-order valence-electron chi connectivity index (χ3n) is 8.56. The molecule has 0 fully saturated rings. The molecule has 49 heavy (non-hydrogen) atoms. The average molecular weight is 669 g/mol. The molecule has 5 N–H and O–H groups in total. The molecule has 2 aliphatic rings. The Bertz CT molecular complexity index is 1830. The highest BCUT2D eigenvalue weighted by molar-refractivity contribution is 8.00. The lowest BCUT2D eigenvalue weighted by Gasteiger charge is -2.22. The Morgan fingerprint density at radius 3 is 2.08 bits per heavy atom. The van der Waals surface area contributed by atoms with Gasteiger partial charge in [-0.05, 0) is 91.4 Å². The fraction of sp³-hybridized carbons (Fsp3) is 0.167. The van der Waals surface area contributed by atoms with Crippen LogP contribution in [0, 0.1) is 0 Å². The number of hydrogen-bond donors (Lipinski definition) is 5. The Labute approximate surface area is 291 Å². The predicted octanol–water partition coefficient (Wildman–Crippen LogP) is 9.35. The normalized spacial score (nSPS) is 17.4. The summed E-state index contributed by atoms with van der Waals surface area (Å²) in [4.78, 5) is 4.49. The number of hydrogen-bond acceptors (Lipinski definition) is 7. The van der Waals surface area contributed by atoms with Crippen LogP contribution < -0.4 is 5.32 Å². The summed E-state index contributed by atoms with van der Waals surface area (Å²) >= 11 is 1.96. The van der Waals surface area contributed by atoms with Gasteiger partial charge in [-0.3, -0.25) is 4.99 Å². The molecule has 0 aromatic heterocycles. The molecule has 2 atom stereocenters. The van der Waals surface area contributed by atoms with E-state index >= 15 is 0 Å². The minimum Gasteiger partial charge on any atom is -0.508 e. The first-order chi connectivity index (χ1) is 23.9. The van der Waals surface area contributed by atoms with Gasteiger partial charge in [-0.1, -0.05) is 84.5 Å². The summed E-state index contributed by atoms with van der Waals surface area (Å²) in [7, 11) is 0. The number of thioether (sulfide) groups is 1. The van der Waals surface area contributed by atoms with E-state index < -0.39 is 0 Å². The second-order valence-electron chi connectivity index (χ2n) is 12.1. The van der Waals surface area contributed by atoms with Gasteiger partial charge in [-0.15, -0.1) is 11.8 Å². The fourth-order valence-corrected chi connectivity index (χ4v) is 6.93. The van der Waals surface area contributed by atoms with Crippen LogP contribution in [-0.2, 0) is 13.0 Å². The van der Waals surface area contributed by atoms with E-state index in [1.54, 1.807) is 54.7 Å². The van der Waals surface area contributed by atoms with Crippen molar-refractivity contribution in [3.8, 4) is 23.0 Å². The van der Waals surface area contributed by atoms with Crippen molar-refractivity contribution in [2.45, 2.75) is 42.7 Å². The van der Waals surface area contributed by atoms with Crippen molar-refractivity contribution in [2.75, 3.05) is 0 Å². The molecule has 7 heteroatoms. The van der Waals surface area contributed by atoms with Crippen LogP contribution in [0.4, 0.5) is 5.69 Å². The third kappa shape index (κ3) is 9.36. The van der Waals surface area contributed by atoms with E-state index in [-0.39, 0.29) is 23.0 Å². The third-order valence-corrected chi connectivity index (χ3v) is 9.96. The summed E-state index contributed by atoms with van der Waals surface area (Å²) in [6.45, 7) is 0.505. The minimum absolute atomic E-state index is 0.183. The Hall–Kier alpha value is -5.40. The Kier molecular flexibility index (Phi) is 11.0. The van der Waals surface area contributed by atoms with Crippen LogP contribution in [0.5, 0.6) is 23.0 Å². The van der Waals surface area contributed by atoms with Crippen LogP contribution in [0.3, 0.4) is 0 Å². The molecule has 0 spiro atoms. The lowest BCUT2D eigenvalue weighted by Crippen LogP contribution is -2.16. The molecule has 248 valence electrons. The Balaban J connectivity index is 0.947. The number of para-hydroxylation sites is 2. The number of aliphatic imine (C=N–C) groups is 1. The molecule has 4 aromatic carbocycles. The second-order valence-corrected chi connectivity index (χ2v) is 13.6. The molecular formula is C42H40N2O4S. The van der Waals surface area contributed by atoms with Crippen molar-refractivity contribution in [2.24, 2.45) is 4.99 Å². The smallest absolute Gasteiger partial charge is 0.124 e. The number of allylic oxidation sites excluding steroid dienone is 5. The molecule has 2 aliphatic carbocycles. The fourth-order valence-electron chi connectivity index (χ4n) is 5.72. The molecule has 0 amide bonds. The first kappa shape index (κ1) is 33.5. The first-order valence-electron chi connectivity index (χ1n) is 16.5. The van der Waals surface area contributed by atoms with Gasteiger partial charge in [-0.25, -0.2) is 0 Å². The largest absolute Gasteiger partial charge is 0.508 e. The number of rotatable bonds is 12. The zero-order chi connectivity index (χ0) is 34.0. The molecular weight excluding hydrogens is 629 g/mol. The highest BCUT2D eigenvalue weighted by atomic mass is 32.2. The molecule has 0 heterocycles. The quantitative estimate of drug-likeness (QED) is 0.0761. The lowest BCUT2D eigenvalue weighted by atomic mass is 9.99. The number of aryl methyl sites for hydroxylation is 1. The molecule has 6 nitrogen and oxygen atoms in total. The standard InChI is InChI=1S/C42H40N2O4S/c45-39-7-3-1-5-31(39)14-10-30-13-23-42(48)34(25-30)28-43-35-16-21-38(22-17-35)49-37-19-11-29(12-20-37)9-15-32-26-36(18-24-41(32)47)44-27-33-6-2-4-8-40(33)46/h1-8,10-14,16-19,21,23-27,37-38,43,45-48H,9,15,20,22,28H2/b14-10+,44-27?. The van der Waals surface area contributed by atoms with Crippen LogP contribution in [0.25, 0.3) is 12.2 Å². The molecule has 0 saturated carbocycles. The van der Waals surface area contributed by atoms with Gasteiger partial charge in [0.25, 0.3) is 0 Å². The van der Waals surface area contributed by atoms with Gasteiger partial charge in [0, 0.05) is 45.6 Å². The van der Waals surface area contributed by atoms with Gasteiger partial charge in [0.2, 0.25) is 0 Å². The maximum atomic E-state index is 10.4. The maximum Gasteiger partial charge on any atom is 0.124 e. The van der Waals surface area contributed by atoms with E-state index in [9.17, 15) is 20.4 Å². The number of phenols is 4. The van der Waals surface area contributed by atoms with E-state index in [0.717, 1.165) is 52.9 Å². The summed E-state index contributed by atoms with van der Waals surface area (Å²) in [5.41, 5.74) is 7.04. The molecule has 6 rings (SSSR count). The average Bonchev–Trinajstić information content (AvgIpc) is 3.12. The van der Waals surface area contributed by atoms with Crippen molar-refractivity contribution in [1.82, 2.24) is 5.32 Å². The van der Waals surface area contributed by atoms with Gasteiger partial charge in [-0.2, -0.15) is 0 Å². The van der Waals surface area contributed by atoms with Crippen LogP contribution >= 0.6 is 11.8 Å². The summed E-state index contributed by atoms with van der Waals surface area (Å²) in [6.07, 6.45) is 22.3. The summed E-state index contributed by atoms with van der Waals surface area (Å²) in [5, 5.41) is 45.1. The number of benzene rings is 4. The van der Waals surface area contributed by atoms with Crippen LogP contribution in [0.2, 0.25) is 0 Å². The van der Waals surface area contributed by atoms with Crippen molar-refractivity contribution < 1.29 is 20.4 Å². The van der Waals surface area contributed by atoms with Crippen molar-refractivity contribution in [3.05, 3.63) is 160 Å². The molecule has 0 aliphatic heterocycles. The van der Waals surface area contributed by atoms with Crippen LogP contribution in [-0.4, -0.2) is 37.1 Å². The lowest BCUT2D eigenvalue weighted by molar-refractivity contribution is 0.466. The molecule has 0 saturated heterocycles. The van der Waals surface area contributed by atoms with E-state index in [4.69, 9.17) is 0 Å². The number of aromatic hydroxyl groups is 4. The number of nitrogens with zero attached hydrogens (tertiary/aromatic N) is 1. The first-order valence-corrected chi connectivity index (χ1v) is 17.4. The summed E-state index contributed by atoms with van der Waals surface area (Å²) in [5.74, 6) is 0.934. The van der Waals surface area contributed by atoms with Crippen LogP contribution in [0.1, 0.15) is 47.1 Å². The van der Waals surface area contributed by atoms with E-state index in [0.29, 0.717) is 29.0 Å². The Morgan fingerprint density at radius 2 is 1.37 bits per heavy atom. The monoisotopic (exact) mass is 668 g/mol. The Morgan fingerprint density at radius 1 is 0.673 bits per heavy atom. The van der Waals surface area contributed by atoms with Crippen LogP contribution in [0.15, 0.2) is 138 Å². The molecule has 2 unspecified atom stereocenters. The van der Waals surface area contributed by atoms with Gasteiger partial charge in [0.05, 0.1) is 5.69 Å². The van der Waals surface area contributed by atoms with Gasteiger partial charge in [0.1, 0.15) is 23.0 Å². The van der Waals surface area contributed by atoms with E-state index in [1.165, 1.54) is 5.57 Å². The summed E-state index contributed by atoms with van der Waals surface area (Å²) < 4.78 is 0. The van der Waals surface area contributed by atoms with Gasteiger partial charge < -0.3 is 25.7 Å². The molecule has 0 radical (unpaired) electrons. The highest BCUT2D eigenvalue weighted by Crippen LogP contribution is 2.33. The number of phenolic OH excluding ortho intramolecular Hbond substituents is 4. The van der Waals surface area contributed by atoms with Crippen molar-refractivity contribution in [1.29, 1.82) is 0 Å². The van der Waals surface area contributed by atoms with Gasteiger partial charge in [0.15, 0.2) is 0 Å². The van der Waals surface area contributed by atoms with Gasteiger partial charge >= 0.3 is 0 Å². The zero-order valence-electron chi connectivity index (χ0n) is 27.1. The van der Waals surface area contributed by atoms with Crippen molar-refractivity contribution in [3.63, 3.8) is 0 Å². The molecule has 0 bridgehead atoms. The molecule has 4 aromatic rings. The number of nitrogens with one attached hydrogen (secondary N) is 1. The SMILES string of the molecule is Oc1ccccc1C=Nc1ccc(O)c(CCC2=CCC(SC3C=CC(NCc4cc(/C=C/c5ccccc5O)ccc4O)=CC3)C=C2)c1. The predicted molar refractivity (Wildman–Crippen MR) is 203 cm³/mol. The minimum atomic E-state index is 0.183. The van der Waals surface area contributed by atoms with Crippen molar-refractivity contribution >= 4 is 35.8 Å². The summed E-state index contributed by atoms with van der Waals surface area (Å²) in [6, 6.07) is 25.1. The zero-order valence-corrected chi connectivity index (χ0v) is 27.9. The van der Waals surface area contributed by atoms with E-state index in [1.807, 2.05) is 60.3 Å². The van der Waals surface area contributed by atoms with E-state index in [2.05, 4.69) is 46.8 Å².